The Morgan fingerprint density at radius 2 is 2.29 bits per heavy atom. The van der Waals surface area contributed by atoms with Gasteiger partial charge in [0, 0.05) is 24.2 Å². The lowest BCUT2D eigenvalue weighted by Crippen LogP contribution is -2.43. The fraction of sp³-hybridized carbons (Fsp3) is 0.429. The molecule has 0 bridgehead atoms. The van der Waals surface area contributed by atoms with Crippen LogP contribution in [0.25, 0.3) is 10.6 Å². The smallest absolute Gasteiger partial charge is 0.322 e. The molecule has 2 aromatic heterocycles. The molecule has 2 atom stereocenters. The van der Waals surface area contributed by atoms with Crippen LogP contribution in [0, 0.1) is 0 Å². The molecule has 1 fully saturated rings. The fourth-order valence-electron chi connectivity index (χ4n) is 2.49. The summed E-state index contributed by atoms with van der Waals surface area (Å²) in [5, 5.41) is 13.3. The van der Waals surface area contributed by atoms with E-state index in [1.165, 1.54) is 0 Å². The lowest BCUT2D eigenvalue weighted by atomic mass is 10.0. The van der Waals surface area contributed by atoms with Gasteiger partial charge >= 0.3 is 5.97 Å². The summed E-state index contributed by atoms with van der Waals surface area (Å²) < 4.78 is 1.70. The summed E-state index contributed by atoms with van der Waals surface area (Å²) in [6.07, 6.45) is 3.86. The molecule has 3 rings (SSSR count). The number of thiazole rings is 1. The fourth-order valence-corrected chi connectivity index (χ4v) is 4.99. The molecule has 1 aliphatic heterocycles. The number of aryl methyl sites for hydroxylation is 1. The highest BCUT2D eigenvalue weighted by molar-refractivity contribution is 8.01. The number of nitrogens with one attached hydrogen (secondary N) is 1. The standard InChI is InChI=1S/C14H17N3O2S2/c1-14(2)10(13(18)19)16-12(21-14)11-15-7-9(20-11)8-5-4-6-17(8)3/h4-7,10,12,16H,1-3H3,(H,18,19). The molecule has 0 saturated carbocycles. The Morgan fingerprint density at radius 1 is 1.52 bits per heavy atom. The molecular formula is C14H17N3O2S2. The summed E-state index contributed by atoms with van der Waals surface area (Å²) in [4.78, 5) is 16.9. The van der Waals surface area contributed by atoms with Crippen molar-refractivity contribution < 1.29 is 9.90 Å². The van der Waals surface area contributed by atoms with Gasteiger partial charge in [-0.05, 0) is 26.0 Å². The van der Waals surface area contributed by atoms with Crippen LogP contribution in [0.15, 0.2) is 24.5 Å². The molecule has 0 aromatic carbocycles. The van der Waals surface area contributed by atoms with Gasteiger partial charge in [-0.3, -0.25) is 10.1 Å². The quantitative estimate of drug-likeness (QED) is 0.909. The molecule has 2 aromatic rings. The summed E-state index contributed by atoms with van der Waals surface area (Å²) in [5.74, 6) is -0.811. The molecule has 21 heavy (non-hydrogen) atoms. The molecule has 1 saturated heterocycles. The van der Waals surface area contributed by atoms with E-state index in [4.69, 9.17) is 0 Å². The minimum absolute atomic E-state index is 0.0693. The van der Waals surface area contributed by atoms with Crippen molar-refractivity contribution in [2.24, 2.45) is 7.05 Å². The summed E-state index contributed by atoms with van der Waals surface area (Å²) in [5.41, 5.74) is 1.12. The Kier molecular flexibility index (Phi) is 3.59. The Hall–Kier alpha value is -1.31. The number of aliphatic carboxylic acids is 1. The zero-order chi connectivity index (χ0) is 15.2. The Balaban J connectivity index is 1.85. The molecule has 7 heteroatoms. The van der Waals surface area contributed by atoms with Crippen LogP contribution in [0.5, 0.6) is 0 Å². The second-order valence-electron chi connectivity index (χ2n) is 5.61. The van der Waals surface area contributed by atoms with Gasteiger partial charge in [0.1, 0.15) is 16.4 Å². The van der Waals surface area contributed by atoms with Crippen LogP contribution >= 0.6 is 23.1 Å². The highest BCUT2D eigenvalue weighted by atomic mass is 32.2. The molecule has 2 N–H and O–H groups in total. The largest absolute Gasteiger partial charge is 0.480 e. The topological polar surface area (TPSA) is 67.2 Å². The summed E-state index contributed by atoms with van der Waals surface area (Å²) in [7, 11) is 2.00. The van der Waals surface area contributed by atoms with Crippen molar-refractivity contribution in [2.75, 3.05) is 0 Å². The SMILES string of the molecule is Cn1cccc1-c1cnc(C2NC(C(=O)O)C(C)(C)S2)s1. The number of carboxylic acids is 1. The first-order valence-electron chi connectivity index (χ1n) is 6.62. The third-order valence-electron chi connectivity index (χ3n) is 3.63. The van der Waals surface area contributed by atoms with E-state index >= 15 is 0 Å². The van der Waals surface area contributed by atoms with Crippen LogP contribution in [-0.2, 0) is 11.8 Å². The lowest BCUT2D eigenvalue weighted by molar-refractivity contribution is -0.139. The maximum Gasteiger partial charge on any atom is 0.322 e. The van der Waals surface area contributed by atoms with Crippen molar-refractivity contribution in [3.8, 4) is 10.6 Å². The number of hydrogen-bond donors (Lipinski definition) is 2. The van der Waals surface area contributed by atoms with Gasteiger partial charge in [-0.1, -0.05) is 0 Å². The Bertz CT molecular complexity index is 677. The molecule has 0 aliphatic carbocycles. The molecule has 0 spiro atoms. The van der Waals surface area contributed by atoms with Crippen LogP contribution in [0.1, 0.15) is 24.2 Å². The Morgan fingerprint density at radius 3 is 2.86 bits per heavy atom. The third kappa shape index (κ3) is 2.61. The average Bonchev–Trinajstić information content (AvgIpc) is 3.06. The van der Waals surface area contributed by atoms with Crippen molar-refractivity contribution in [3.63, 3.8) is 0 Å². The first-order valence-corrected chi connectivity index (χ1v) is 8.32. The predicted molar refractivity (Wildman–Crippen MR) is 85.5 cm³/mol. The number of carboxylic acid groups (broad SMARTS) is 1. The van der Waals surface area contributed by atoms with E-state index in [9.17, 15) is 9.90 Å². The minimum Gasteiger partial charge on any atom is -0.480 e. The maximum absolute atomic E-state index is 11.3. The molecule has 1 aliphatic rings. The third-order valence-corrected chi connectivity index (χ3v) is 6.30. The molecular weight excluding hydrogens is 306 g/mol. The first-order chi connectivity index (χ1) is 9.88. The lowest BCUT2D eigenvalue weighted by Gasteiger charge is -2.20. The first kappa shape index (κ1) is 14.6. The second kappa shape index (κ2) is 5.15. The number of rotatable bonds is 3. The van der Waals surface area contributed by atoms with E-state index in [1.807, 2.05) is 39.4 Å². The van der Waals surface area contributed by atoms with Crippen LogP contribution in [-0.4, -0.2) is 31.4 Å². The molecule has 0 amide bonds. The number of aromatic nitrogens is 2. The van der Waals surface area contributed by atoms with E-state index in [-0.39, 0.29) is 10.1 Å². The van der Waals surface area contributed by atoms with Gasteiger partial charge < -0.3 is 9.67 Å². The summed E-state index contributed by atoms with van der Waals surface area (Å²) >= 11 is 3.23. The summed E-state index contributed by atoms with van der Waals surface area (Å²) in [6, 6.07) is 3.49. The highest BCUT2D eigenvalue weighted by Crippen LogP contribution is 2.47. The van der Waals surface area contributed by atoms with Gasteiger partial charge in [-0.2, -0.15) is 0 Å². The Labute approximate surface area is 131 Å². The van der Waals surface area contributed by atoms with Gasteiger partial charge in [0.05, 0.1) is 10.6 Å². The van der Waals surface area contributed by atoms with Crippen molar-refractivity contribution in [1.82, 2.24) is 14.9 Å². The second-order valence-corrected chi connectivity index (χ2v) is 8.43. The molecule has 112 valence electrons. The molecule has 5 nitrogen and oxygen atoms in total. The van der Waals surface area contributed by atoms with E-state index in [2.05, 4.69) is 20.9 Å². The van der Waals surface area contributed by atoms with Crippen LogP contribution in [0.2, 0.25) is 0 Å². The van der Waals surface area contributed by atoms with Crippen molar-refractivity contribution >= 4 is 29.1 Å². The highest BCUT2D eigenvalue weighted by Gasteiger charge is 2.46. The van der Waals surface area contributed by atoms with E-state index in [1.54, 1.807) is 23.1 Å². The number of hydrogen-bond acceptors (Lipinski definition) is 5. The van der Waals surface area contributed by atoms with Crippen LogP contribution in [0.4, 0.5) is 0 Å². The van der Waals surface area contributed by atoms with E-state index in [0.717, 1.165) is 15.6 Å². The van der Waals surface area contributed by atoms with E-state index in [0.29, 0.717) is 0 Å². The van der Waals surface area contributed by atoms with Gasteiger partial charge in [0.25, 0.3) is 0 Å². The number of carbonyl (C=O) groups is 1. The number of thioether (sulfide) groups is 1. The number of nitrogens with zero attached hydrogens (tertiary/aromatic N) is 2. The van der Waals surface area contributed by atoms with Gasteiger partial charge in [-0.25, -0.2) is 4.98 Å². The van der Waals surface area contributed by atoms with Gasteiger partial charge in [0.15, 0.2) is 0 Å². The normalized spacial score (nSPS) is 24.3. The zero-order valence-electron chi connectivity index (χ0n) is 12.0. The van der Waals surface area contributed by atoms with Crippen molar-refractivity contribution in [3.05, 3.63) is 29.5 Å². The van der Waals surface area contributed by atoms with E-state index < -0.39 is 12.0 Å². The van der Waals surface area contributed by atoms with Crippen LogP contribution in [0.3, 0.4) is 0 Å². The maximum atomic E-state index is 11.3. The van der Waals surface area contributed by atoms with Gasteiger partial charge in [0.2, 0.25) is 0 Å². The predicted octanol–water partition coefficient (Wildman–Crippen LogP) is 2.72. The molecule has 0 radical (unpaired) electrons. The molecule has 3 heterocycles. The monoisotopic (exact) mass is 323 g/mol. The van der Waals surface area contributed by atoms with Crippen molar-refractivity contribution in [2.45, 2.75) is 30.0 Å². The summed E-state index contributed by atoms with van der Waals surface area (Å²) in [6.45, 7) is 3.91. The van der Waals surface area contributed by atoms with Crippen molar-refractivity contribution in [1.29, 1.82) is 0 Å². The van der Waals surface area contributed by atoms with Crippen LogP contribution < -0.4 is 5.32 Å². The zero-order valence-corrected chi connectivity index (χ0v) is 13.7. The average molecular weight is 323 g/mol. The minimum atomic E-state index is -0.811. The molecule has 2 unspecified atom stereocenters. The van der Waals surface area contributed by atoms with Gasteiger partial charge in [-0.15, -0.1) is 23.1 Å².